The van der Waals surface area contributed by atoms with Crippen LogP contribution in [-0.4, -0.2) is 0 Å². The predicted octanol–water partition coefficient (Wildman–Crippen LogP) is 3.29. The second kappa shape index (κ2) is 2.59. The fourth-order valence-corrected chi connectivity index (χ4v) is 1.46. The molecule has 12 heavy (non-hydrogen) atoms. The summed E-state index contributed by atoms with van der Waals surface area (Å²) in [5, 5.41) is 2.09. The van der Waals surface area contributed by atoms with Gasteiger partial charge in [0.25, 0.3) is 0 Å². The van der Waals surface area contributed by atoms with Crippen molar-refractivity contribution in [2.24, 2.45) is 0 Å². The summed E-state index contributed by atoms with van der Waals surface area (Å²) in [6.07, 6.45) is 0. The van der Waals surface area contributed by atoms with Crippen LogP contribution in [0.15, 0.2) is 36.4 Å². The van der Waals surface area contributed by atoms with Gasteiger partial charge in [-0.05, 0) is 35.4 Å². The van der Waals surface area contributed by atoms with Crippen LogP contribution in [0.1, 0.15) is 5.56 Å². The standard InChI is InChI=1S/C11H9F/c1-8-6-10(12)7-9-4-2-3-5-11(8)9/h2-7H,1H3. The second-order valence-electron chi connectivity index (χ2n) is 2.94. The average Bonchev–Trinajstić information content (AvgIpc) is 2.04. The lowest BCUT2D eigenvalue weighted by Crippen LogP contribution is -1.80. The normalized spacial score (nSPS) is 10.5. The summed E-state index contributed by atoms with van der Waals surface area (Å²) in [5.74, 6) is -0.161. The highest BCUT2D eigenvalue weighted by Gasteiger charge is 1.98. The number of halogens is 1. The monoisotopic (exact) mass is 160 g/mol. The van der Waals surface area contributed by atoms with E-state index in [9.17, 15) is 4.39 Å². The molecule has 0 unspecified atom stereocenters. The lowest BCUT2D eigenvalue weighted by molar-refractivity contribution is 0.628. The Balaban J connectivity index is 2.89. The molecule has 0 fully saturated rings. The van der Waals surface area contributed by atoms with Crippen molar-refractivity contribution in [2.45, 2.75) is 6.92 Å². The summed E-state index contributed by atoms with van der Waals surface area (Å²) in [5.41, 5.74) is 0.991. The maximum Gasteiger partial charge on any atom is 0.124 e. The largest absolute Gasteiger partial charge is 0.207 e. The Bertz CT molecular complexity index is 418. The highest BCUT2D eigenvalue weighted by atomic mass is 19.1. The molecule has 1 heteroatoms. The van der Waals surface area contributed by atoms with Gasteiger partial charge in [-0.3, -0.25) is 0 Å². The molecule has 0 spiro atoms. The molecule has 0 aromatic heterocycles. The van der Waals surface area contributed by atoms with E-state index >= 15 is 0 Å². The third-order valence-electron chi connectivity index (χ3n) is 2.03. The Morgan fingerprint density at radius 1 is 1.08 bits per heavy atom. The van der Waals surface area contributed by atoms with Crippen LogP contribution < -0.4 is 0 Å². The smallest absolute Gasteiger partial charge is 0.124 e. The molecule has 0 aliphatic rings. The highest BCUT2D eigenvalue weighted by molar-refractivity contribution is 5.85. The Morgan fingerprint density at radius 2 is 1.83 bits per heavy atom. The zero-order valence-corrected chi connectivity index (χ0v) is 6.84. The average molecular weight is 160 g/mol. The van der Waals surface area contributed by atoms with E-state index in [2.05, 4.69) is 0 Å². The number of fused-ring (bicyclic) bond motifs is 1. The van der Waals surface area contributed by atoms with E-state index < -0.39 is 0 Å². The van der Waals surface area contributed by atoms with Gasteiger partial charge in [-0.2, -0.15) is 0 Å². The van der Waals surface area contributed by atoms with Crippen LogP contribution in [0.2, 0.25) is 0 Å². The van der Waals surface area contributed by atoms with Crippen molar-refractivity contribution in [1.29, 1.82) is 0 Å². The molecule has 0 nitrogen and oxygen atoms in total. The molecule has 0 N–H and O–H groups in total. The van der Waals surface area contributed by atoms with Crippen LogP contribution in [0.4, 0.5) is 4.39 Å². The molecule has 0 aliphatic carbocycles. The van der Waals surface area contributed by atoms with Gasteiger partial charge in [0.2, 0.25) is 0 Å². The molecule has 0 saturated heterocycles. The zero-order chi connectivity index (χ0) is 8.55. The van der Waals surface area contributed by atoms with Gasteiger partial charge >= 0.3 is 0 Å². The van der Waals surface area contributed by atoms with E-state index in [0.717, 1.165) is 16.3 Å². The van der Waals surface area contributed by atoms with E-state index in [1.165, 1.54) is 0 Å². The van der Waals surface area contributed by atoms with E-state index in [1.807, 2.05) is 31.2 Å². The van der Waals surface area contributed by atoms with Crippen molar-refractivity contribution in [1.82, 2.24) is 0 Å². The van der Waals surface area contributed by atoms with Crippen molar-refractivity contribution in [2.75, 3.05) is 0 Å². The van der Waals surface area contributed by atoms with E-state index in [1.54, 1.807) is 12.1 Å². The van der Waals surface area contributed by atoms with Crippen molar-refractivity contribution in [3.63, 3.8) is 0 Å². The molecular weight excluding hydrogens is 151 g/mol. The van der Waals surface area contributed by atoms with Crippen LogP contribution >= 0.6 is 0 Å². The summed E-state index contributed by atoms with van der Waals surface area (Å²) in [6.45, 7) is 1.92. The van der Waals surface area contributed by atoms with Crippen molar-refractivity contribution in [3.8, 4) is 0 Å². The van der Waals surface area contributed by atoms with Gasteiger partial charge in [0.05, 0.1) is 0 Å². The minimum absolute atomic E-state index is 0.161. The molecule has 2 rings (SSSR count). The number of benzene rings is 2. The first-order chi connectivity index (χ1) is 5.77. The Labute approximate surface area is 70.6 Å². The van der Waals surface area contributed by atoms with Gasteiger partial charge in [0.1, 0.15) is 5.82 Å². The topological polar surface area (TPSA) is 0 Å². The molecule has 0 amide bonds. The SMILES string of the molecule is Cc1cc(F)cc2ccccc12. The number of aryl methyl sites for hydroxylation is 1. The summed E-state index contributed by atoms with van der Waals surface area (Å²) < 4.78 is 12.9. The molecule has 60 valence electrons. The van der Waals surface area contributed by atoms with E-state index in [0.29, 0.717) is 0 Å². The molecule has 0 heterocycles. The molecule has 0 radical (unpaired) electrons. The zero-order valence-electron chi connectivity index (χ0n) is 6.84. The van der Waals surface area contributed by atoms with E-state index in [4.69, 9.17) is 0 Å². The Hall–Kier alpha value is -1.37. The highest BCUT2D eigenvalue weighted by Crippen LogP contribution is 2.19. The second-order valence-corrected chi connectivity index (χ2v) is 2.94. The van der Waals surface area contributed by atoms with Crippen molar-refractivity contribution < 1.29 is 4.39 Å². The van der Waals surface area contributed by atoms with Gasteiger partial charge in [0.15, 0.2) is 0 Å². The fraction of sp³-hybridized carbons (Fsp3) is 0.0909. The predicted molar refractivity (Wildman–Crippen MR) is 48.6 cm³/mol. The number of rotatable bonds is 0. The third-order valence-corrected chi connectivity index (χ3v) is 2.03. The van der Waals surface area contributed by atoms with Gasteiger partial charge in [-0.1, -0.05) is 24.3 Å². The number of hydrogen-bond acceptors (Lipinski definition) is 0. The van der Waals surface area contributed by atoms with Crippen LogP contribution in [0.25, 0.3) is 10.8 Å². The first-order valence-electron chi connectivity index (χ1n) is 3.92. The van der Waals surface area contributed by atoms with Crippen LogP contribution in [0.3, 0.4) is 0 Å². The van der Waals surface area contributed by atoms with Crippen LogP contribution in [0.5, 0.6) is 0 Å². The van der Waals surface area contributed by atoms with Gasteiger partial charge in [0, 0.05) is 0 Å². The lowest BCUT2D eigenvalue weighted by atomic mass is 10.1. The van der Waals surface area contributed by atoms with Gasteiger partial charge in [-0.15, -0.1) is 0 Å². The molecule has 0 bridgehead atoms. The van der Waals surface area contributed by atoms with Crippen LogP contribution in [-0.2, 0) is 0 Å². The van der Waals surface area contributed by atoms with Gasteiger partial charge < -0.3 is 0 Å². The Kier molecular flexibility index (Phi) is 1.58. The lowest BCUT2D eigenvalue weighted by Gasteiger charge is -2.00. The summed E-state index contributed by atoms with van der Waals surface area (Å²) in [4.78, 5) is 0. The minimum Gasteiger partial charge on any atom is -0.207 e. The molecule has 2 aromatic rings. The molecular formula is C11H9F. The van der Waals surface area contributed by atoms with Crippen molar-refractivity contribution in [3.05, 3.63) is 47.8 Å². The fourth-order valence-electron chi connectivity index (χ4n) is 1.46. The Morgan fingerprint density at radius 3 is 2.67 bits per heavy atom. The number of hydrogen-bond donors (Lipinski definition) is 0. The first-order valence-corrected chi connectivity index (χ1v) is 3.92. The summed E-state index contributed by atoms with van der Waals surface area (Å²) >= 11 is 0. The first kappa shape index (κ1) is 7.29. The molecule has 0 aliphatic heterocycles. The molecule has 0 atom stereocenters. The quantitative estimate of drug-likeness (QED) is 0.554. The summed E-state index contributed by atoms with van der Waals surface area (Å²) in [6, 6.07) is 10.9. The van der Waals surface area contributed by atoms with Crippen molar-refractivity contribution >= 4 is 10.8 Å². The maximum atomic E-state index is 12.9. The third kappa shape index (κ3) is 1.07. The molecule has 0 saturated carbocycles. The maximum absolute atomic E-state index is 12.9. The van der Waals surface area contributed by atoms with E-state index in [-0.39, 0.29) is 5.82 Å². The molecule has 2 aromatic carbocycles. The summed E-state index contributed by atoms with van der Waals surface area (Å²) in [7, 11) is 0. The van der Waals surface area contributed by atoms with Gasteiger partial charge in [-0.25, -0.2) is 4.39 Å². The minimum atomic E-state index is -0.161. The van der Waals surface area contributed by atoms with Crippen LogP contribution in [0, 0.1) is 12.7 Å².